The van der Waals surface area contributed by atoms with Gasteiger partial charge in [0.05, 0.1) is 19.3 Å². The summed E-state index contributed by atoms with van der Waals surface area (Å²) in [5, 5.41) is 9.47. The summed E-state index contributed by atoms with van der Waals surface area (Å²) >= 11 is 0. The van der Waals surface area contributed by atoms with Crippen LogP contribution >= 0.6 is 0 Å². The fourth-order valence-corrected chi connectivity index (χ4v) is 2.62. The molecule has 0 radical (unpaired) electrons. The Bertz CT molecular complexity index is 604. The third-order valence-electron chi connectivity index (χ3n) is 3.09. The Balaban J connectivity index is 1.82. The lowest BCUT2D eigenvalue weighted by Gasteiger charge is -2.14. The van der Waals surface area contributed by atoms with Gasteiger partial charge in [-0.25, -0.2) is 0 Å². The molecule has 0 aliphatic carbocycles. The van der Waals surface area contributed by atoms with Crippen molar-refractivity contribution in [2.24, 2.45) is 0 Å². The summed E-state index contributed by atoms with van der Waals surface area (Å²) in [6, 6.07) is 9.13. The first-order valence-corrected chi connectivity index (χ1v) is 8.04. The molecule has 1 unspecified atom stereocenters. The van der Waals surface area contributed by atoms with Crippen LogP contribution in [0.3, 0.4) is 0 Å². The van der Waals surface area contributed by atoms with Crippen LogP contribution in [-0.2, 0) is 30.4 Å². The lowest BCUT2D eigenvalue weighted by molar-refractivity contribution is -0.136. The van der Waals surface area contributed by atoms with E-state index in [4.69, 9.17) is 9.47 Å². The Hall–Kier alpha value is -1.20. The molecule has 1 N–H and O–H groups in total. The minimum atomic E-state index is -5.78. The molecule has 0 spiro atoms. The second-order valence-electron chi connectivity index (χ2n) is 4.92. The van der Waals surface area contributed by atoms with E-state index in [-0.39, 0.29) is 19.6 Å². The zero-order valence-electron chi connectivity index (χ0n) is 11.8. The number of alkyl halides is 3. The van der Waals surface area contributed by atoms with Gasteiger partial charge in [-0.2, -0.15) is 21.6 Å². The van der Waals surface area contributed by atoms with Gasteiger partial charge in [-0.3, -0.25) is 4.18 Å². The van der Waals surface area contributed by atoms with Gasteiger partial charge in [0.2, 0.25) is 0 Å². The summed E-state index contributed by atoms with van der Waals surface area (Å²) in [5.74, 6) is 0. The fraction of sp³-hybridized carbons (Fsp3) is 0.538. The fourth-order valence-electron chi connectivity index (χ4n) is 2.01. The maximum absolute atomic E-state index is 12.2. The molecule has 0 amide bonds. The summed E-state index contributed by atoms with van der Waals surface area (Å²) in [4.78, 5) is 0. The van der Waals surface area contributed by atoms with E-state index >= 15 is 0 Å². The topological polar surface area (TPSA) is 82.1 Å². The quantitative estimate of drug-likeness (QED) is 0.615. The van der Waals surface area contributed by atoms with E-state index in [2.05, 4.69) is 4.18 Å². The molecule has 10 heteroatoms. The highest BCUT2D eigenvalue weighted by Gasteiger charge is 2.51. The van der Waals surface area contributed by atoms with Crippen molar-refractivity contribution in [2.45, 2.75) is 37.0 Å². The molecule has 3 atom stereocenters. The molecule has 1 aliphatic heterocycles. The average molecular weight is 356 g/mol. The molecule has 23 heavy (non-hydrogen) atoms. The number of aliphatic hydroxyl groups is 1. The number of aliphatic hydroxyl groups excluding tert-OH is 1. The van der Waals surface area contributed by atoms with Crippen molar-refractivity contribution in [3.63, 3.8) is 0 Å². The molecule has 1 aromatic rings. The van der Waals surface area contributed by atoms with E-state index in [1.165, 1.54) is 0 Å². The number of benzene rings is 1. The van der Waals surface area contributed by atoms with Crippen molar-refractivity contribution in [3.8, 4) is 0 Å². The van der Waals surface area contributed by atoms with Crippen molar-refractivity contribution in [1.29, 1.82) is 0 Å². The lowest BCUT2D eigenvalue weighted by atomic mass is 10.2. The molecule has 0 aromatic heterocycles. The Morgan fingerprint density at radius 2 is 1.91 bits per heavy atom. The van der Waals surface area contributed by atoms with Gasteiger partial charge in [0.15, 0.2) is 6.29 Å². The summed E-state index contributed by atoms with van der Waals surface area (Å²) in [6.45, 7) is 0.237. The maximum atomic E-state index is 12.2. The Morgan fingerprint density at radius 3 is 2.52 bits per heavy atom. The van der Waals surface area contributed by atoms with Gasteiger partial charge in [0.1, 0.15) is 6.10 Å². The van der Waals surface area contributed by atoms with Crippen LogP contribution in [0.4, 0.5) is 13.2 Å². The Kier molecular flexibility index (Phi) is 5.63. The van der Waals surface area contributed by atoms with Crippen molar-refractivity contribution < 1.29 is 40.4 Å². The van der Waals surface area contributed by atoms with E-state index in [0.29, 0.717) is 0 Å². The van der Waals surface area contributed by atoms with E-state index < -0.39 is 34.1 Å². The highest BCUT2D eigenvalue weighted by Crippen LogP contribution is 2.30. The van der Waals surface area contributed by atoms with Gasteiger partial charge in [0.25, 0.3) is 0 Å². The third kappa shape index (κ3) is 4.88. The molecule has 0 bridgehead atoms. The van der Waals surface area contributed by atoms with E-state index in [1.807, 2.05) is 30.3 Å². The molecule has 1 heterocycles. The molecular weight excluding hydrogens is 341 g/mol. The van der Waals surface area contributed by atoms with Crippen LogP contribution in [0.15, 0.2) is 30.3 Å². The molecule has 130 valence electrons. The summed E-state index contributed by atoms with van der Waals surface area (Å²) in [5.41, 5.74) is -4.66. The second-order valence-corrected chi connectivity index (χ2v) is 6.48. The third-order valence-corrected chi connectivity index (χ3v) is 4.16. The molecular formula is C13H15F3O6S. The van der Waals surface area contributed by atoms with E-state index in [1.54, 1.807) is 0 Å². The largest absolute Gasteiger partial charge is 0.523 e. The average Bonchev–Trinajstić information content (AvgIpc) is 2.78. The predicted octanol–water partition coefficient (Wildman–Crippen LogP) is 1.55. The second kappa shape index (κ2) is 7.14. The predicted molar refractivity (Wildman–Crippen MR) is 71.4 cm³/mol. The minimum Gasteiger partial charge on any atom is -0.374 e. The van der Waals surface area contributed by atoms with Crippen LogP contribution in [0.5, 0.6) is 0 Å². The zero-order valence-corrected chi connectivity index (χ0v) is 12.6. The van der Waals surface area contributed by atoms with Crippen molar-refractivity contribution in [1.82, 2.24) is 0 Å². The number of rotatable bonds is 6. The molecule has 6 nitrogen and oxygen atoms in total. The normalized spacial score (nSPS) is 25.7. The molecule has 1 aromatic carbocycles. The molecule has 1 fully saturated rings. The van der Waals surface area contributed by atoms with Gasteiger partial charge in [0, 0.05) is 6.42 Å². The standard InChI is InChI=1S/C13H15F3O6S/c14-13(15,16)23(18,19)22-11-6-10(21-12(11)17)8-20-7-9-4-2-1-3-5-9/h1-5,10-12,17H,6-8H2/t10-,11+,12?/m1/s1. The summed E-state index contributed by atoms with van der Waals surface area (Å²) in [7, 11) is -5.78. The van der Waals surface area contributed by atoms with Gasteiger partial charge in [-0.15, -0.1) is 0 Å². The lowest BCUT2D eigenvalue weighted by Crippen LogP contribution is -2.33. The SMILES string of the molecule is O=S(=O)(O[C@H]1C[C@H](COCc2ccccc2)OC1O)C(F)(F)F. The van der Waals surface area contributed by atoms with Gasteiger partial charge in [-0.1, -0.05) is 30.3 Å². The van der Waals surface area contributed by atoms with E-state index in [9.17, 15) is 26.7 Å². The molecule has 1 saturated heterocycles. The highest BCUT2D eigenvalue weighted by atomic mass is 32.2. The van der Waals surface area contributed by atoms with Gasteiger partial charge < -0.3 is 14.6 Å². The summed E-state index contributed by atoms with van der Waals surface area (Å²) < 4.78 is 72.8. The Labute approximate surface area is 130 Å². The number of hydrogen-bond donors (Lipinski definition) is 1. The number of halogens is 3. The van der Waals surface area contributed by atoms with E-state index in [0.717, 1.165) is 5.56 Å². The first-order valence-electron chi connectivity index (χ1n) is 6.64. The van der Waals surface area contributed by atoms with Crippen molar-refractivity contribution >= 4 is 10.1 Å². The minimum absolute atomic E-state index is 0.0160. The zero-order chi connectivity index (χ0) is 17.1. The van der Waals surface area contributed by atoms with Crippen LogP contribution in [-0.4, -0.2) is 44.1 Å². The first kappa shape index (κ1) is 18.1. The molecule has 2 rings (SSSR count). The molecule has 0 saturated carbocycles. The van der Waals surface area contributed by atoms with Gasteiger partial charge in [-0.05, 0) is 5.56 Å². The van der Waals surface area contributed by atoms with Gasteiger partial charge >= 0.3 is 15.6 Å². The van der Waals surface area contributed by atoms with Crippen molar-refractivity contribution in [2.75, 3.05) is 6.61 Å². The van der Waals surface area contributed by atoms with Crippen LogP contribution in [0.25, 0.3) is 0 Å². The van der Waals surface area contributed by atoms with Crippen LogP contribution in [0, 0.1) is 0 Å². The smallest absolute Gasteiger partial charge is 0.374 e. The number of hydrogen-bond acceptors (Lipinski definition) is 6. The maximum Gasteiger partial charge on any atom is 0.523 e. The number of ether oxygens (including phenoxy) is 2. The monoisotopic (exact) mass is 356 g/mol. The van der Waals surface area contributed by atoms with Crippen LogP contribution in [0.2, 0.25) is 0 Å². The van der Waals surface area contributed by atoms with Crippen LogP contribution < -0.4 is 0 Å². The van der Waals surface area contributed by atoms with Crippen LogP contribution in [0.1, 0.15) is 12.0 Å². The first-order chi connectivity index (χ1) is 10.7. The molecule has 1 aliphatic rings. The van der Waals surface area contributed by atoms with Crippen molar-refractivity contribution in [3.05, 3.63) is 35.9 Å². The highest BCUT2D eigenvalue weighted by molar-refractivity contribution is 7.87. The summed E-state index contributed by atoms with van der Waals surface area (Å²) in [6.07, 6.45) is -4.38. The Morgan fingerprint density at radius 1 is 1.26 bits per heavy atom.